The molecule has 1 aliphatic heterocycles. The minimum Gasteiger partial charge on any atom is -0.314 e. The molecular weight excluding hydrogens is 312 g/mol. The first kappa shape index (κ1) is 17.6. The molecule has 0 spiro atoms. The first-order valence-corrected chi connectivity index (χ1v) is 6.63. The maximum absolute atomic E-state index is 13.9. The standard InChI is InChI=1S/C13H16ClF3N2.ClH/c14-9-1-2-11(15)10(7-9)12(8-13(16)17)19-5-3-18-4-6-19;/h1-2,7,12-13,18H,3-6,8H2;1H/t12-;/m0./s1. The van der Waals surface area contributed by atoms with E-state index in [4.69, 9.17) is 11.6 Å². The van der Waals surface area contributed by atoms with Crippen LogP contribution in [0.3, 0.4) is 0 Å². The molecule has 1 aromatic rings. The highest BCUT2D eigenvalue weighted by Crippen LogP contribution is 2.31. The Morgan fingerprint density at radius 1 is 1.25 bits per heavy atom. The van der Waals surface area contributed by atoms with Gasteiger partial charge in [-0.15, -0.1) is 12.4 Å². The Hall–Kier alpha value is -0.490. The van der Waals surface area contributed by atoms with Gasteiger partial charge < -0.3 is 5.32 Å². The van der Waals surface area contributed by atoms with Gasteiger partial charge in [0.15, 0.2) is 0 Å². The molecule has 114 valence electrons. The van der Waals surface area contributed by atoms with Gasteiger partial charge in [0.2, 0.25) is 6.43 Å². The van der Waals surface area contributed by atoms with Crippen LogP contribution in [0.4, 0.5) is 13.2 Å². The maximum atomic E-state index is 13.9. The molecule has 0 saturated carbocycles. The Labute approximate surface area is 127 Å². The van der Waals surface area contributed by atoms with Gasteiger partial charge in [-0.25, -0.2) is 13.2 Å². The molecule has 2 rings (SSSR count). The quantitative estimate of drug-likeness (QED) is 0.910. The fourth-order valence-corrected chi connectivity index (χ4v) is 2.59. The SMILES string of the molecule is Cl.Fc1ccc(Cl)cc1[C@H](CC(F)F)N1CCNCC1. The van der Waals surface area contributed by atoms with Crippen molar-refractivity contribution >= 4 is 24.0 Å². The molecule has 1 heterocycles. The molecular formula is C13H17Cl2F3N2. The van der Waals surface area contributed by atoms with E-state index in [1.165, 1.54) is 18.2 Å². The fourth-order valence-electron chi connectivity index (χ4n) is 2.41. The normalized spacial score (nSPS) is 17.9. The largest absolute Gasteiger partial charge is 0.314 e. The van der Waals surface area contributed by atoms with Gasteiger partial charge in [0.1, 0.15) is 5.82 Å². The molecule has 1 atom stereocenters. The van der Waals surface area contributed by atoms with Crippen molar-refractivity contribution in [2.75, 3.05) is 26.2 Å². The number of hydrogen-bond acceptors (Lipinski definition) is 2. The summed E-state index contributed by atoms with van der Waals surface area (Å²) in [5.74, 6) is -0.478. The molecule has 1 saturated heterocycles. The second-order valence-corrected chi connectivity index (χ2v) is 5.03. The molecule has 1 aromatic carbocycles. The average Bonchev–Trinajstić information content (AvgIpc) is 2.40. The van der Waals surface area contributed by atoms with Crippen LogP contribution in [0, 0.1) is 5.82 Å². The third-order valence-electron chi connectivity index (χ3n) is 3.31. The summed E-state index contributed by atoms with van der Waals surface area (Å²) < 4.78 is 39.4. The van der Waals surface area contributed by atoms with Crippen molar-refractivity contribution < 1.29 is 13.2 Å². The number of hydrogen-bond donors (Lipinski definition) is 1. The van der Waals surface area contributed by atoms with Crippen molar-refractivity contribution in [2.45, 2.75) is 18.9 Å². The van der Waals surface area contributed by atoms with Crippen LogP contribution in [0.2, 0.25) is 5.02 Å². The van der Waals surface area contributed by atoms with Gasteiger partial charge in [-0.2, -0.15) is 0 Å². The number of alkyl halides is 2. The number of nitrogens with zero attached hydrogens (tertiary/aromatic N) is 1. The van der Waals surface area contributed by atoms with Crippen LogP contribution in [-0.2, 0) is 0 Å². The molecule has 1 aliphatic rings. The molecule has 1 N–H and O–H groups in total. The minimum absolute atomic E-state index is 0. The summed E-state index contributed by atoms with van der Waals surface area (Å²) in [6.07, 6.45) is -2.85. The third-order valence-corrected chi connectivity index (χ3v) is 3.55. The third kappa shape index (κ3) is 4.52. The Balaban J connectivity index is 0.00000200. The predicted octanol–water partition coefficient (Wildman–Crippen LogP) is 3.50. The summed E-state index contributed by atoms with van der Waals surface area (Å²) in [7, 11) is 0. The van der Waals surface area contributed by atoms with Crippen LogP contribution >= 0.6 is 24.0 Å². The van der Waals surface area contributed by atoms with Gasteiger partial charge in [-0.05, 0) is 18.2 Å². The van der Waals surface area contributed by atoms with Gasteiger partial charge in [-0.3, -0.25) is 4.90 Å². The lowest BCUT2D eigenvalue weighted by molar-refractivity contribution is 0.0725. The second-order valence-electron chi connectivity index (χ2n) is 4.59. The van der Waals surface area contributed by atoms with Crippen molar-refractivity contribution in [3.05, 3.63) is 34.6 Å². The topological polar surface area (TPSA) is 15.3 Å². The zero-order valence-electron chi connectivity index (χ0n) is 10.8. The molecule has 0 aromatic heterocycles. The molecule has 1 fully saturated rings. The number of rotatable bonds is 4. The molecule has 0 bridgehead atoms. The van der Waals surface area contributed by atoms with E-state index in [0.717, 1.165) is 13.1 Å². The molecule has 0 radical (unpaired) electrons. The molecule has 0 unspecified atom stereocenters. The van der Waals surface area contributed by atoms with Gasteiger partial charge in [0, 0.05) is 49.2 Å². The van der Waals surface area contributed by atoms with Crippen molar-refractivity contribution in [2.24, 2.45) is 0 Å². The van der Waals surface area contributed by atoms with E-state index in [9.17, 15) is 13.2 Å². The van der Waals surface area contributed by atoms with Crippen LogP contribution in [0.15, 0.2) is 18.2 Å². The average molecular weight is 329 g/mol. The van der Waals surface area contributed by atoms with E-state index >= 15 is 0 Å². The Morgan fingerprint density at radius 3 is 2.50 bits per heavy atom. The lowest BCUT2D eigenvalue weighted by atomic mass is 10.0. The Kier molecular flexibility index (Phi) is 7.09. The van der Waals surface area contributed by atoms with Gasteiger partial charge in [-0.1, -0.05) is 11.6 Å². The van der Waals surface area contributed by atoms with E-state index in [2.05, 4.69) is 5.32 Å². The Morgan fingerprint density at radius 2 is 1.90 bits per heavy atom. The lowest BCUT2D eigenvalue weighted by Crippen LogP contribution is -2.45. The Bertz CT molecular complexity index is 426. The first-order chi connectivity index (χ1) is 9.08. The molecule has 7 heteroatoms. The smallest absolute Gasteiger partial charge is 0.240 e. The number of nitrogens with one attached hydrogen (secondary N) is 1. The van der Waals surface area contributed by atoms with E-state index in [0.29, 0.717) is 18.1 Å². The summed E-state index contributed by atoms with van der Waals surface area (Å²) >= 11 is 5.85. The molecule has 0 amide bonds. The van der Waals surface area contributed by atoms with Crippen molar-refractivity contribution in [3.63, 3.8) is 0 Å². The summed E-state index contributed by atoms with van der Waals surface area (Å²) in [6, 6.07) is 3.49. The highest BCUT2D eigenvalue weighted by molar-refractivity contribution is 6.30. The number of halogens is 5. The zero-order chi connectivity index (χ0) is 13.8. The maximum Gasteiger partial charge on any atom is 0.240 e. The fraction of sp³-hybridized carbons (Fsp3) is 0.538. The number of benzene rings is 1. The lowest BCUT2D eigenvalue weighted by Gasteiger charge is -2.35. The molecule has 2 nitrogen and oxygen atoms in total. The van der Waals surface area contributed by atoms with Crippen molar-refractivity contribution in [1.82, 2.24) is 10.2 Å². The van der Waals surface area contributed by atoms with E-state index in [1.54, 1.807) is 0 Å². The highest BCUT2D eigenvalue weighted by atomic mass is 35.5. The van der Waals surface area contributed by atoms with Crippen LogP contribution in [0.1, 0.15) is 18.0 Å². The highest BCUT2D eigenvalue weighted by Gasteiger charge is 2.27. The van der Waals surface area contributed by atoms with E-state index < -0.39 is 18.3 Å². The van der Waals surface area contributed by atoms with E-state index in [-0.39, 0.29) is 24.4 Å². The van der Waals surface area contributed by atoms with Crippen LogP contribution in [0.25, 0.3) is 0 Å². The van der Waals surface area contributed by atoms with Gasteiger partial charge >= 0.3 is 0 Å². The van der Waals surface area contributed by atoms with Gasteiger partial charge in [0.05, 0.1) is 0 Å². The van der Waals surface area contributed by atoms with Gasteiger partial charge in [0.25, 0.3) is 0 Å². The molecule has 0 aliphatic carbocycles. The summed E-state index contributed by atoms with van der Waals surface area (Å²) in [5.41, 5.74) is 0.259. The monoisotopic (exact) mass is 328 g/mol. The van der Waals surface area contributed by atoms with Crippen LogP contribution < -0.4 is 5.32 Å². The first-order valence-electron chi connectivity index (χ1n) is 6.26. The molecule has 20 heavy (non-hydrogen) atoms. The predicted molar refractivity (Wildman–Crippen MR) is 76.5 cm³/mol. The van der Waals surface area contributed by atoms with Crippen molar-refractivity contribution in [3.8, 4) is 0 Å². The summed E-state index contributed by atoms with van der Waals surface area (Å²) in [4.78, 5) is 1.89. The van der Waals surface area contributed by atoms with Crippen LogP contribution in [-0.4, -0.2) is 37.5 Å². The number of piperazine rings is 1. The van der Waals surface area contributed by atoms with Crippen LogP contribution in [0.5, 0.6) is 0 Å². The summed E-state index contributed by atoms with van der Waals surface area (Å²) in [5, 5.41) is 3.52. The summed E-state index contributed by atoms with van der Waals surface area (Å²) in [6.45, 7) is 2.70. The minimum atomic E-state index is -2.47. The zero-order valence-corrected chi connectivity index (χ0v) is 12.4. The van der Waals surface area contributed by atoms with Crippen molar-refractivity contribution in [1.29, 1.82) is 0 Å². The second kappa shape index (κ2) is 8.08. The van der Waals surface area contributed by atoms with E-state index in [1.807, 2.05) is 4.90 Å².